The lowest BCUT2D eigenvalue weighted by Crippen LogP contribution is -2.08. The third kappa shape index (κ3) is 5.60. The highest BCUT2D eigenvalue weighted by molar-refractivity contribution is 5.35. The minimum Gasteiger partial charge on any atom is -0.379 e. The summed E-state index contributed by atoms with van der Waals surface area (Å²) in [5, 5.41) is 3.17. The molecule has 1 aromatic rings. The summed E-state index contributed by atoms with van der Waals surface area (Å²) in [6.45, 7) is 9.13. The van der Waals surface area contributed by atoms with Crippen molar-refractivity contribution in [3.05, 3.63) is 17.6 Å². The SMILES string of the molecule is CCNc1cc(C)nc(COCCOCC)n1. The lowest BCUT2D eigenvalue weighted by Gasteiger charge is -2.07. The molecule has 5 nitrogen and oxygen atoms in total. The monoisotopic (exact) mass is 239 g/mol. The summed E-state index contributed by atoms with van der Waals surface area (Å²) < 4.78 is 10.6. The molecule has 5 heteroatoms. The van der Waals surface area contributed by atoms with E-state index in [0.717, 1.165) is 24.7 Å². The van der Waals surface area contributed by atoms with E-state index >= 15 is 0 Å². The summed E-state index contributed by atoms with van der Waals surface area (Å²) in [7, 11) is 0. The molecule has 1 aromatic heterocycles. The number of hydrogen-bond acceptors (Lipinski definition) is 5. The van der Waals surface area contributed by atoms with E-state index in [1.807, 2.05) is 26.8 Å². The highest BCUT2D eigenvalue weighted by atomic mass is 16.5. The molecule has 1 N–H and O–H groups in total. The van der Waals surface area contributed by atoms with Gasteiger partial charge in [-0.05, 0) is 20.8 Å². The van der Waals surface area contributed by atoms with Crippen molar-refractivity contribution in [2.24, 2.45) is 0 Å². The first-order valence-corrected chi connectivity index (χ1v) is 6.00. The van der Waals surface area contributed by atoms with Gasteiger partial charge in [-0.25, -0.2) is 9.97 Å². The van der Waals surface area contributed by atoms with Gasteiger partial charge in [0.05, 0.1) is 13.2 Å². The first-order valence-electron chi connectivity index (χ1n) is 6.00. The zero-order valence-electron chi connectivity index (χ0n) is 10.8. The van der Waals surface area contributed by atoms with Crippen LogP contribution in [-0.4, -0.2) is 36.3 Å². The van der Waals surface area contributed by atoms with E-state index in [0.29, 0.717) is 25.6 Å². The Morgan fingerprint density at radius 3 is 2.65 bits per heavy atom. The van der Waals surface area contributed by atoms with Crippen LogP contribution in [0.5, 0.6) is 0 Å². The van der Waals surface area contributed by atoms with E-state index in [9.17, 15) is 0 Å². The average molecular weight is 239 g/mol. The highest BCUT2D eigenvalue weighted by Crippen LogP contribution is 2.06. The summed E-state index contributed by atoms with van der Waals surface area (Å²) >= 11 is 0. The third-order valence-electron chi connectivity index (χ3n) is 2.07. The van der Waals surface area contributed by atoms with Crippen LogP contribution >= 0.6 is 0 Å². The first kappa shape index (κ1) is 13.9. The zero-order chi connectivity index (χ0) is 12.5. The van der Waals surface area contributed by atoms with Gasteiger partial charge in [-0.15, -0.1) is 0 Å². The standard InChI is InChI=1S/C12H21N3O2/c1-4-13-11-8-10(3)14-12(15-11)9-17-7-6-16-5-2/h8H,4-7,9H2,1-3H3,(H,13,14,15). The molecule has 0 unspecified atom stereocenters. The fraction of sp³-hybridized carbons (Fsp3) is 0.667. The summed E-state index contributed by atoms with van der Waals surface area (Å²) in [6, 6.07) is 1.92. The molecule has 0 aliphatic carbocycles. The van der Waals surface area contributed by atoms with Gasteiger partial charge in [0.25, 0.3) is 0 Å². The van der Waals surface area contributed by atoms with Crippen LogP contribution in [0.2, 0.25) is 0 Å². The molecule has 1 heterocycles. The Hall–Kier alpha value is -1.20. The van der Waals surface area contributed by atoms with Crippen molar-refractivity contribution in [1.29, 1.82) is 0 Å². The lowest BCUT2D eigenvalue weighted by molar-refractivity contribution is 0.0428. The van der Waals surface area contributed by atoms with Crippen LogP contribution in [0.15, 0.2) is 6.07 Å². The Bertz CT molecular complexity index is 332. The molecule has 0 aromatic carbocycles. The van der Waals surface area contributed by atoms with Crippen molar-refractivity contribution < 1.29 is 9.47 Å². The van der Waals surface area contributed by atoms with Crippen molar-refractivity contribution >= 4 is 5.82 Å². The molecule has 0 saturated heterocycles. The van der Waals surface area contributed by atoms with Gasteiger partial charge >= 0.3 is 0 Å². The highest BCUT2D eigenvalue weighted by Gasteiger charge is 2.01. The predicted octanol–water partition coefficient (Wildman–Crippen LogP) is 1.77. The Balaban J connectivity index is 2.41. The van der Waals surface area contributed by atoms with Crippen LogP contribution in [0.4, 0.5) is 5.82 Å². The Morgan fingerprint density at radius 1 is 1.18 bits per heavy atom. The van der Waals surface area contributed by atoms with Crippen LogP contribution in [0.1, 0.15) is 25.4 Å². The third-order valence-corrected chi connectivity index (χ3v) is 2.07. The minimum absolute atomic E-state index is 0.424. The Morgan fingerprint density at radius 2 is 1.94 bits per heavy atom. The predicted molar refractivity (Wildman–Crippen MR) is 67.1 cm³/mol. The number of nitrogens with one attached hydrogen (secondary N) is 1. The van der Waals surface area contributed by atoms with Gasteiger partial charge < -0.3 is 14.8 Å². The number of nitrogens with zero attached hydrogens (tertiary/aromatic N) is 2. The maximum absolute atomic E-state index is 5.43. The van der Waals surface area contributed by atoms with Crippen LogP contribution in [0.25, 0.3) is 0 Å². The van der Waals surface area contributed by atoms with E-state index < -0.39 is 0 Å². The van der Waals surface area contributed by atoms with E-state index in [1.54, 1.807) is 0 Å². The maximum Gasteiger partial charge on any atom is 0.156 e. The van der Waals surface area contributed by atoms with Crippen molar-refractivity contribution in [2.75, 3.05) is 31.7 Å². The maximum atomic E-state index is 5.43. The molecule has 0 atom stereocenters. The van der Waals surface area contributed by atoms with Crippen molar-refractivity contribution in [2.45, 2.75) is 27.4 Å². The molecule has 17 heavy (non-hydrogen) atoms. The van der Waals surface area contributed by atoms with Gasteiger partial charge in [0.1, 0.15) is 12.4 Å². The molecular weight excluding hydrogens is 218 g/mol. The van der Waals surface area contributed by atoms with Crippen molar-refractivity contribution in [3.8, 4) is 0 Å². The minimum atomic E-state index is 0.424. The number of ether oxygens (including phenoxy) is 2. The van der Waals surface area contributed by atoms with Crippen LogP contribution < -0.4 is 5.32 Å². The van der Waals surface area contributed by atoms with Crippen LogP contribution in [0.3, 0.4) is 0 Å². The number of hydrogen-bond donors (Lipinski definition) is 1. The molecule has 0 aliphatic heterocycles. The molecule has 0 spiro atoms. The molecule has 0 saturated carbocycles. The lowest BCUT2D eigenvalue weighted by atomic mass is 10.4. The molecule has 0 radical (unpaired) electrons. The molecule has 96 valence electrons. The quantitative estimate of drug-likeness (QED) is 0.701. The first-order chi connectivity index (χ1) is 8.26. The van der Waals surface area contributed by atoms with Gasteiger partial charge in [-0.3, -0.25) is 0 Å². The number of rotatable bonds is 8. The second-order valence-electron chi connectivity index (χ2n) is 3.59. The average Bonchev–Trinajstić information content (AvgIpc) is 2.28. The number of aryl methyl sites for hydroxylation is 1. The second-order valence-corrected chi connectivity index (χ2v) is 3.59. The molecule has 0 bridgehead atoms. The normalized spacial score (nSPS) is 10.5. The number of aromatic nitrogens is 2. The largest absolute Gasteiger partial charge is 0.379 e. The number of anilines is 1. The fourth-order valence-electron chi connectivity index (χ4n) is 1.39. The summed E-state index contributed by atoms with van der Waals surface area (Å²) in [5.74, 6) is 1.56. The van der Waals surface area contributed by atoms with Crippen LogP contribution in [-0.2, 0) is 16.1 Å². The van der Waals surface area contributed by atoms with E-state index in [-0.39, 0.29) is 0 Å². The van der Waals surface area contributed by atoms with Gasteiger partial charge in [-0.2, -0.15) is 0 Å². The van der Waals surface area contributed by atoms with Gasteiger partial charge in [0.2, 0.25) is 0 Å². The van der Waals surface area contributed by atoms with Gasteiger partial charge in [-0.1, -0.05) is 0 Å². The summed E-state index contributed by atoms with van der Waals surface area (Å²) in [5.41, 5.74) is 0.944. The smallest absolute Gasteiger partial charge is 0.156 e. The van der Waals surface area contributed by atoms with E-state index in [2.05, 4.69) is 15.3 Å². The fourth-order valence-corrected chi connectivity index (χ4v) is 1.39. The molecule has 0 amide bonds. The van der Waals surface area contributed by atoms with E-state index in [1.165, 1.54) is 0 Å². The topological polar surface area (TPSA) is 56.3 Å². The van der Waals surface area contributed by atoms with Crippen molar-refractivity contribution in [1.82, 2.24) is 9.97 Å². The molecule has 0 aliphatic rings. The van der Waals surface area contributed by atoms with E-state index in [4.69, 9.17) is 9.47 Å². The molecule has 0 fully saturated rings. The van der Waals surface area contributed by atoms with Gasteiger partial charge in [0, 0.05) is 24.9 Å². The Labute approximate surface area is 103 Å². The molecule has 1 rings (SSSR count). The van der Waals surface area contributed by atoms with Gasteiger partial charge in [0.15, 0.2) is 5.82 Å². The van der Waals surface area contributed by atoms with Crippen molar-refractivity contribution in [3.63, 3.8) is 0 Å². The summed E-state index contributed by atoms with van der Waals surface area (Å²) in [4.78, 5) is 8.67. The molecular formula is C12H21N3O2. The zero-order valence-corrected chi connectivity index (χ0v) is 10.8. The second kappa shape index (κ2) is 7.97. The van der Waals surface area contributed by atoms with Crippen LogP contribution in [0, 0.1) is 6.92 Å². The Kier molecular flexibility index (Phi) is 6.50. The summed E-state index contributed by atoms with van der Waals surface area (Å²) in [6.07, 6.45) is 0.